The van der Waals surface area contributed by atoms with Crippen LogP contribution < -0.4 is 0 Å². The fraction of sp³-hybridized carbons (Fsp3) is 0.818. The van der Waals surface area contributed by atoms with E-state index in [1.54, 1.807) is 0 Å². The molecule has 0 amide bonds. The lowest BCUT2D eigenvalue weighted by molar-refractivity contribution is -0.152. The summed E-state index contributed by atoms with van der Waals surface area (Å²) in [7, 11) is 2.58. The summed E-state index contributed by atoms with van der Waals surface area (Å²) >= 11 is 6.15. The quantitative estimate of drug-likeness (QED) is 0.551. The fourth-order valence-electron chi connectivity index (χ4n) is 2.10. The van der Waals surface area contributed by atoms with Gasteiger partial charge >= 0.3 is 11.9 Å². The van der Waals surface area contributed by atoms with E-state index in [2.05, 4.69) is 4.74 Å². The highest BCUT2D eigenvalue weighted by Gasteiger charge is 2.76. The molecule has 1 fully saturated rings. The Labute approximate surface area is 100 Å². The van der Waals surface area contributed by atoms with Crippen LogP contribution in [0, 0.1) is 5.41 Å². The second kappa shape index (κ2) is 4.62. The first-order valence-corrected chi connectivity index (χ1v) is 5.72. The number of hydrogen-bond donors (Lipinski definition) is 0. The van der Waals surface area contributed by atoms with E-state index in [0.717, 1.165) is 12.8 Å². The van der Waals surface area contributed by atoms with Crippen molar-refractivity contribution >= 4 is 23.5 Å². The Morgan fingerprint density at radius 3 is 2.25 bits per heavy atom. The van der Waals surface area contributed by atoms with Crippen molar-refractivity contribution in [3.8, 4) is 0 Å². The van der Waals surface area contributed by atoms with Crippen LogP contribution in [0.1, 0.15) is 32.6 Å². The van der Waals surface area contributed by atoms with Gasteiger partial charge in [-0.25, -0.2) is 0 Å². The molecule has 0 aromatic heterocycles. The molecule has 0 N–H and O–H groups in total. The number of ether oxygens (including phenoxy) is 2. The Morgan fingerprint density at radius 2 is 1.81 bits per heavy atom. The molecular weight excluding hydrogens is 232 g/mol. The highest BCUT2D eigenvalue weighted by Crippen LogP contribution is 2.65. The normalized spacial score (nSPS) is 32.0. The Bertz CT molecular complexity index is 304. The minimum atomic E-state index is -1.22. The second-order valence-corrected chi connectivity index (χ2v) is 4.79. The molecule has 0 aliphatic heterocycles. The summed E-state index contributed by atoms with van der Waals surface area (Å²) in [6.45, 7) is 2.02. The molecule has 0 aromatic carbocycles. The summed E-state index contributed by atoms with van der Waals surface area (Å²) < 4.78 is 9.36. The van der Waals surface area contributed by atoms with Gasteiger partial charge in [-0.05, 0) is 12.8 Å². The predicted octanol–water partition coefficient (Wildman–Crippen LogP) is 1.89. The summed E-state index contributed by atoms with van der Waals surface area (Å²) in [5.74, 6) is -0.961. The van der Waals surface area contributed by atoms with Gasteiger partial charge in [0.15, 0.2) is 4.87 Å². The first-order chi connectivity index (χ1) is 7.48. The SMILES string of the molecule is CCCC[C@]1(C(=O)OC)C[C@@]1(Cl)C(=O)OC. The van der Waals surface area contributed by atoms with Crippen LogP contribution >= 0.6 is 11.6 Å². The topological polar surface area (TPSA) is 52.6 Å². The molecular formula is C11H17ClO4. The van der Waals surface area contributed by atoms with Gasteiger partial charge in [0.1, 0.15) is 5.41 Å². The number of rotatable bonds is 5. The van der Waals surface area contributed by atoms with Crippen LogP contribution in [0.15, 0.2) is 0 Å². The summed E-state index contributed by atoms with van der Waals surface area (Å²) in [6.07, 6.45) is 2.64. The van der Waals surface area contributed by atoms with Crippen molar-refractivity contribution in [2.24, 2.45) is 5.41 Å². The van der Waals surface area contributed by atoms with E-state index in [0.29, 0.717) is 12.8 Å². The van der Waals surface area contributed by atoms with E-state index in [4.69, 9.17) is 16.3 Å². The van der Waals surface area contributed by atoms with E-state index in [1.165, 1.54) is 14.2 Å². The van der Waals surface area contributed by atoms with Crippen LogP contribution in [-0.2, 0) is 19.1 Å². The molecule has 16 heavy (non-hydrogen) atoms. The molecule has 4 nitrogen and oxygen atoms in total. The number of carbonyl (C=O) groups excluding carboxylic acids is 2. The maximum atomic E-state index is 11.7. The highest BCUT2D eigenvalue weighted by molar-refractivity contribution is 6.39. The highest BCUT2D eigenvalue weighted by atomic mass is 35.5. The molecule has 1 aliphatic rings. The average Bonchev–Trinajstić information content (AvgIpc) is 2.92. The zero-order valence-corrected chi connectivity index (χ0v) is 10.6. The zero-order valence-electron chi connectivity index (χ0n) is 9.84. The van der Waals surface area contributed by atoms with Gasteiger partial charge in [0, 0.05) is 0 Å². The summed E-state index contributed by atoms with van der Waals surface area (Å²) in [4.78, 5) is 22.0. The number of hydrogen-bond acceptors (Lipinski definition) is 4. The van der Waals surface area contributed by atoms with Crippen LogP contribution in [0.3, 0.4) is 0 Å². The van der Waals surface area contributed by atoms with Gasteiger partial charge in [0.05, 0.1) is 14.2 Å². The predicted molar refractivity (Wildman–Crippen MR) is 59.2 cm³/mol. The first kappa shape index (κ1) is 13.3. The van der Waals surface area contributed by atoms with Gasteiger partial charge in [0.25, 0.3) is 0 Å². The summed E-state index contributed by atoms with van der Waals surface area (Å²) in [5, 5.41) is 0. The molecule has 0 bridgehead atoms. The van der Waals surface area contributed by atoms with Gasteiger partial charge in [0.2, 0.25) is 0 Å². The van der Waals surface area contributed by atoms with E-state index in [-0.39, 0.29) is 0 Å². The van der Waals surface area contributed by atoms with Gasteiger partial charge in [-0.3, -0.25) is 9.59 Å². The molecule has 0 aromatic rings. The van der Waals surface area contributed by atoms with Crippen molar-refractivity contribution in [3.63, 3.8) is 0 Å². The van der Waals surface area contributed by atoms with Crippen LogP contribution in [0.5, 0.6) is 0 Å². The molecule has 5 heteroatoms. The Kier molecular flexibility index (Phi) is 3.84. The van der Waals surface area contributed by atoms with Crippen molar-refractivity contribution in [2.75, 3.05) is 14.2 Å². The minimum absolute atomic E-state index is 0.306. The molecule has 1 aliphatic carbocycles. The molecule has 1 saturated carbocycles. The smallest absolute Gasteiger partial charge is 0.328 e. The van der Waals surface area contributed by atoms with Gasteiger partial charge in [-0.15, -0.1) is 11.6 Å². The maximum Gasteiger partial charge on any atom is 0.328 e. The lowest BCUT2D eigenvalue weighted by Gasteiger charge is -2.17. The van der Waals surface area contributed by atoms with Crippen molar-refractivity contribution in [1.29, 1.82) is 0 Å². The van der Waals surface area contributed by atoms with Gasteiger partial charge in [-0.1, -0.05) is 19.8 Å². The van der Waals surface area contributed by atoms with Gasteiger partial charge < -0.3 is 9.47 Å². The molecule has 0 heterocycles. The Balaban J connectivity index is 2.86. The third-order valence-electron chi connectivity index (χ3n) is 3.22. The number of esters is 2. The number of carbonyl (C=O) groups is 2. The Hall–Kier alpha value is -0.770. The number of alkyl halides is 1. The van der Waals surface area contributed by atoms with Crippen LogP contribution in [0.25, 0.3) is 0 Å². The standard InChI is InChI=1S/C11H17ClO4/c1-4-5-6-10(8(13)15-2)7-11(10,12)9(14)16-3/h4-7H2,1-3H3/t10-,11-/m1/s1. The molecule has 92 valence electrons. The second-order valence-electron chi connectivity index (χ2n) is 4.15. The number of unbranched alkanes of at least 4 members (excludes halogenated alkanes) is 1. The molecule has 2 atom stereocenters. The van der Waals surface area contributed by atoms with Crippen molar-refractivity contribution in [2.45, 2.75) is 37.5 Å². The lowest BCUT2D eigenvalue weighted by atomic mass is 9.96. The molecule has 0 unspecified atom stereocenters. The van der Waals surface area contributed by atoms with E-state index >= 15 is 0 Å². The van der Waals surface area contributed by atoms with E-state index < -0.39 is 22.2 Å². The van der Waals surface area contributed by atoms with E-state index in [1.807, 2.05) is 6.92 Å². The minimum Gasteiger partial charge on any atom is -0.469 e. The molecule has 1 rings (SSSR count). The first-order valence-electron chi connectivity index (χ1n) is 5.34. The monoisotopic (exact) mass is 248 g/mol. The number of methoxy groups -OCH3 is 2. The van der Waals surface area contributed by atoms with Crippen LogP contribution in [0.4, 0.5) is 0 Å². The number of halogens is 1. The fourth-order valence-corrected chi connectivity index (χ4v) is 2.57. The summed E-state index contributed by atoms with van der Waals surface area (Å²) in [5.41, 5.74) is -0.883. The Morgan fingerprint density at radius 1 is 1.25 bits per heavy atom. The molecule has 0 radical (unpaired) electrons. The van der Waals surface area contributed by atoms with Crippen molar-refractivity contribution < 1.29 is 19.1 Å². The van der Waals surface area contributed by atoms with Crippen LogP contribution in [0.2, 0.25) is 0 Å². The van der Waals surface area contributed by atoms with E-state index in [9.17, 15) is 9.59 Å². The van der Waals surface area contributed by atoms with Crippen molar-refractivity contribution in [3.05, 3.63) is 0 Å². The summed E-state index contributed by atoms with van der Waals surface area (Å²) in [6, 6.07) is 0. The average molecular weight is 249 g/mol. The van der Waals surface area contributed by atoms with Crippen LogP contribution in [-0.4, -0.2) is 31.0 Å². The molecule has 0 saturated heterocycles. The third kappa shape index (κ3) is 1.79. The molecule has 0 spiro atoms. The lowest BCUT2D eigenvalue weighted by Crippen LogP contribution is -2.32. The zero-order chi connectivity index (χ0) is 12.4. The largest absolute Gasteiger partial charge is 0.469 e. The third-order valence-corrected chi connectivity index (χ3v) is 3.87. The van der Waals surface area contributed by atoms with Crippen molar-refractivity contribution in [1.82, 2.24) is 0 Å². The maximum absolute atomic E-state index is 11.7. The van der Waals surface area contributed by atoms with Gasteiger partial charge in [-0.2, -0.15) is 0 Å².